The van der Waals surface area contributed by atoms with Crippen LogP contribution in [0.25, 0.3) is 0 Å². The van der Waals surface area contributed by atoms with E-state index in [1.54, 1.807) is 11.8 Å². The second kappa shape index (κ2) is 6.63. The lowest BCUT2D eigenvalue weighted by atomic mass is 9.98. The van der Waals surface area contributed by atoms with Gasteiger partial charge >= 0.3 is 5.97 Å². The summed E-state index contributed by atoms with van der Waals surface area (Å²) >= 11 is 4.93. The molecule has 6 heteroatoms. The molecule has 0 saturated carbocycles. The van der Waals surface area contributed by atoms with Crippen molar-refractivity contribution in [3.8, 4) is 0 Å². The molecule has 2 rings (SSSR count). The minimum absolute atomic E-state index is 0.196. The van der Waals surface area contributed by atoms with Gasteiger partial charge in [-0.3, -0.25) is 4.79 Å². The molecule has 0 bridgehead atoms. The molecule has 1 atom stereocenters. The fourth-order valence-corrected chi connectivity index (χ4v) is 3.71. The summed E-state index contributed by atoms with van der Waals surface area (Å²) in [4.78, 5) is 23.3. The van der Waals surface area contributed by atoms with E-state index in [0.717, 1.165) is 15.8 Å². The number of hydrogen-bond donors (Lipinski definition) is 2. The summed E-state index contributed by atoms with van der Waals surface area (Å²) in [6, 6.07) is 7.77. The van der Waals surface area contributed by atoms with Crippen LogP contribution in [0, 0.1) is 0 Å². The predicted molar refractivity (Wildman–Crippen MR) is 82.9 cm³/mol. The topological polar surface area (TPSA) is 66.4 Å². The first kappa shape index (κ1) is 15.4. The molecule has 1 heterocycles. The fraction of sp³-hybridized carbons (Fsp3) is 0.429. The van der Waals surface area contributed by atoms with Gasteiger partial charge in [0.15, 0.2) is 0 Å². The van der Waals surface area contributed by atoms with E-state index in [-0.39, 0.29) is 5.91 Å². The number of carbonyl (C=O) groups is 2. The zero-order chi connectivity index (χ0) is 14.6. The number of carboxylic acids is 1. The van der Waals surface area contributed by atoms with E-state index in [1.165, 1.54) is 0 Å². The molecule has 0 spiro atoms. The van der Waals surface area contributed by atoms with Crippen LogP contribution in [0.15, 0.2) is 28.7 Å². The van der Waals surface area contributed by atoms with Crippen LogP contribution in [0.2, 0.25) is 0 Å². The molecule has 2 N–H and O–H groups in total. The SMILES string of the molecule is O=C(CCc1ccc(Br)cc1)NC1(C(=O)O)CCSC1. The number of halogens is 1. The normalized spacial score (nSPS) is 21.6. The number of rotatable bonds is 5. The van der Waals surface area contributed by atoms with E-state index in [9.17, 15) is 14.7 Å². The standard InChI is InChI=1S/C14H16BrNO3S/c15-11-4-1-10(2-5-11)3-6-12(17)16-14(13(18)19)7-8-20-9-14/h1-2,4-5H,3,6-9H2,(H,16,17)(H,18,19). The third-order valence-electron chi connectivity index (χ3n) is 3.36. The number of benzene rings is 1. The molecular weight excluding hydrogens is 342 g/mol. The summed E-state index contributed by atoms with van der Waals surface area (Å²) in [5.41, 5.74) is -0.00454. The first-order valence-electron chi connectivity index (χ1n) is 6.38. The van der Waals surface area contributed by atoms with Crippen molar-refractivity contribution in [2.45, 2.75) is 24.8 Å². The lowest BCUT2D eigenvalue weighted by Gasteiger charge is -2.24. The molecule has 0 aromatic heterocycles. The molecule has 4 nitrogen and oxygen atoms in total. The van der Waals surface area contributed by atoms with E-state index in [1.807, 2.05) is 24.3 Å². The van der Waals surface area contributed by atoms with Crippen molar-refractivity contribution in [3.05, 3.63) is 34.3 Å². The molecule has 1 aromatic carbocycles. The van der Waals surface area contributed by atoms with Gasteiger partial charge in [-0.2, -0.15) is 11.8 Å². The van der Waals surface area contributed by atoms with Gasteiger partial charge in [0.05, 0.1) is 0 Å². The molecule has 1 unspecified atom stereocenters. The van der Waals surface area contributed by atoms with Gasteiger partial charge in [0.25, 0.3) is 0 Å². The maximum atomic E-state index is 12.0. The fourth-order valence-electron chi connectivity index (χ4n) is 2.12. The van der Waals surface area contributed by atoms with Crippen LogP contribution < -0.4 is 5.32 Å². The van der Waals surface area contributed by atoms with Crippen LogP contribution in [-0.4, -0.2) is 34.0 Å². The summed E-state index contributed by atoms with van der Waals surface area (Å²) in [5, 5.41) is 12.0. The first-order chi connectivity index (χ1) is 9.52. The number of amides is 1. The highest BCUT2D eigenvalue weighted by molar-refractivity contribution is 9.10. The molecule has 20 heavy (non-hydrogen) atoms. The highest BCUT2D eigenvalue weighted by Gasteiger charge is 2.43. The van der Waals surface area contributed by atoms with Crippen LogP contribution in [0.1, 0.15) is 18.4 Å². The Bertz CT molecular complexity index is 498. The molecule has 1 fully saturated rings. The van der Waals surface area contributed by atoms with Gasteiger partial charge in [-0.25, -0.2) is 4.79 Å². The number of aryl methyl sites for hydroxylation is 1. The Hall–Kier alpha value is -1.01. The minimum Gasteiger partial charge on any atom is -0.479 e. The van der Waals surface area contributed by atoms with Crippen LogP contribution in [-0.2, 0) is 16.0 Å². The van der Waals surface area contributed by atoms with Crippen molar-refractivity contribution >= 4 is 39.6 Å². The zero-order valence-corrected chi connectivity index (χ0v) is 13.3. The number of thioether (sulfide) groups is 1. The molecular formula is C14H16BrNO3S. The average molecular weight is 358 g/mol. The van der Waals surface area contributed by atoms with Gasteiger partial charge in [-0.1, -0.05) is 28.1 Å². The Labute approximate surface area is 130 Å². The molecule has 1 aliphatic heterocycles. The van der Waals surface area contributed by atoms with E-state index in [2.05, 4.69) is 21.2 Å². The summed E-state index contributed by atoms with van der Waals surface area (Å²) in [6.07, 6.45) is 1.42. The lowest BCUT2D eigenvalue weighted by Crippen LogP contribution is -2.54. The summed E-state index contributed by atoms with van der Waals surface area (Å²) in [6.45, 7) is 0. The van der Waals surface area contributed by atoms with Crippen LogP contribution in [0.4, 0.5) is 0 Å². The smallest absolute Gasteiger partial charge is 0.330 e. The molecule has 108 valence electrons. The van der Waals surface area contributed by atoms with Gasteiger partial charge in [0, 0.05) is 16.6 Å². The van der Waals surface area contributed by atoms with Gasteiger partial charge in [0.1, 0.15) is 5.54 Å². The Morgan fingerprint density at radius 2 is 2.05 bits per heavy atom. The molecule has 1 saturated heterocycles. The maximum Gasteiger partial charge on any atom is 0.330 e. The van der Waals surface area contributed by atoms with E-state index in [0.29, 0.717) is 25.0 Å². The second-order valence-electron chi connectivity index (χ2n) is 4.86. The van der Waals surface area contributed by atoms with Crippen molar-refractivity contribution in [1.82, 2.24) is 5.32 Å². The molecule has 1 aliphatic rings. The number of carbonyl (C=O) groups excluding carboxylic acids is 1. The highest BCUT2D eigenvalue weighted by atomic mass is 79.9. The highest BCUT2D eigenvalue weighted by Crippen LogP contribution is 2.28. The van der Waals surface area contributed by atoms with Crippen molar-refractivity contribution in [2.24, 2.45) is 0 Å². The molecule has 1 amide bonds. The van der Waals surface area contributed by atoms with Gasteiger partial charge in [-0.15, -0.1) is 0 Å². The third kappa shape index (κ3) is 3.76. The molecule has 1 aromatic rings. The first-order valence-corrected chi connectivity index (χ1v) is 8.33. The largest absolute Gasteiger partial charge is 0.479 e. The average Bonchev–Trinajstić information content (AvgIpc) is 2.88. The number of hydrogen-bond acceptors (Lipinski definition) is 3. The van der Waals surface area contributed by atoms with Crippen LogP contribution >= 0.6 is 27.7 Å². The number of nitrogens with one attached hydrogen (secondary N) is 1. The summed E-state index contributed by atoms with van der Waals surface area (Å²) in [5.74, 6) is 0.100. The Kier molecular flexibility index (Phi) is 5.10. The van der Waals surface area contributed by atoms with E-state index in [4.69, 9.17) is 0 Å². The van der Waals surface area contributed by atoms with Crippen molar-refractivity contribution in [3.63, 3.8) is 0 Å². The Morgan fingerprint density at radius 1 is 1.35 bits per heavy atom. The van der Waals surface area contributed by atoms with Crippen LogP contribution in [0.3, 0.4) is 0 Å². The van der Waals surface area contributed by atoms with Gasteiger partial charge in [0.2, 0.25) is 5.91 Å². The maximum absolute atomic E-state index is 12.0. The molecule has 0 aliphatic carbocycles. The van der Waals surface area contributed by atoms with E-state index >= 15 is 0 Å². The summed E-state index contributed by atoms with van der Waals surface area (Å²) < 4.78 is 0.999. The predicted octanol–water partition coefficient (Wildman–Crippen LogP) is 2.46. The third-order valence-corrected chi connectivity index (χ3v) is 5.08. The van der Waals surface area contributed by atoms with Gasteiger partial charge in [-0.05, 0) is 36.3 Å². The lowest BCUT2D eigenvalue weighted by molar-refractivity contribution is -0.146. The minimum atomic E-state index is -1.07. The van der Waals surface area contributed by atoms with Crippen molar-refractivity contribution < 1.29 is 14.7 Å². The quantitative estimate of drug-likeness (QED) is 0.849. The monoisotopic (exact) mass is 357 g/mol. The number of aliphatic carboxylic acids is 1. The zero-order valence-electron chi connectivity index (χ0n) is 10.9. The summed E-state index contributed by atoms with van der Waals surface area (Å²) in [7, 11) is 0. The number of carboxylic acid groups (broad SMARTS) is 1. The van der Waals surface area contributed by atoms with Crippen molar-refractivity contribution in [1.29, 1.82) is 0 Å². The second-order valence-corrected chi connectivity index (χ2v) is 6.89. The van der Waals surface area contributed by atoms with Gasteiger partial charge < -0.3 is 10.4 Å². The van der Waals surface area contributed by atoms with Crippen LogP contribution in [0.5, 0.6) is 0 Å². The Morgan fingerprint density at radius 3 is 2.60 bits per heavy atom. The van der Waals surface area contributed by atoms with Crippen molar-refractivity contribution in [2.75, 3.05) is 11.5 Å². The van der Waals surface area contributed by atoms with E-state index < -0.39 is 11.5 Å². The Balaban J connectivity index is 1.89. The molecule has 0 radical (unpaired) electrons.